The highest BCUT2D eigenvalue weighted by Gasteiger charge is 2.27. The summed E-state index contributed by atoms with van der Waals surface area (Å²) in [6.07, 6.45) is 3.80. The number of nitrogens with zero attached hydrogens (tertiary/aromatic N) is 1. The second-order valence-electron chi connectivity index (χ2n) is 3.86. The third-order valence-electron chi connectivity index (χ3n) is 3.02. The molecule has 0 spiro atoms. The topological polar surface area (TPSA) is 75.4 Å². The van der Waals surface area contributed by atoms with Crippen molar-refractivity contribution in [3.8, 4) is 0 Å². The highest BCUT2D eigenvalue weighted by atomic mass is 32.2. The van der Waals surface area contributed by atoms with Crippen molar-refractivity contribution in [2.45, 2.75) is 37.8 Å². The summed E-state index contributed by atoms with van der Waals surface area (Å²) in [7, 11) is -0.0196. The Balaban J connectivity index is 2.50. The molecule has 1 aliphatic carbocycles. The van der Waals surface area contributed by atoms with Gasteiger partial charge in [-0.05, 0) is 32.7 Å². The van der Waals surface area contributed by atoms with Gasteiger partial charge in [0.05, 0.1) is 0 Å². The van der Waals surface area contributed by atoms with Gasteiger partial charge in [0, 0.05) is 19.1 Å². The molecule has 1 rings (SSSR count). The van der Waals surface area contributed by atoms with E-state index in [1.807, 2.05) is 7.05 Å². The van der Waals surface area contributed by atoms with Crippen molar-refractivity contribution in [2.75, 3.05) is 14.1 Å². The lowest BCUT2D eigenvalue weighted by atomic mass is 9.91. The summed E-state index contributed by atoms with van der Waals surface area (Å²) in [6.45, 7) is 0. The van der Waals surface area contributed by atoms with Crippen molar-refractivity contribution < 1.29 is 8.42 Å². The van der Waals surface area contributed by atoms with Crippen LogP contribution in [0, 0.1) is 0 Å². The van der Waals surface area contributed by atoms with E-state index in [0.29, 0.717) is 6.04 Å². The van der Waals surface area contributed by atoms with E-state index in [-0.39, 0.29) is 6.04 Å². The van der Waals surface area contributed by atoms with Crippen molar-refractivity contribution in [3.05, 3.63) is 0 Å². The fourth-order valence-electron chi connectivity index (χ4n) is 1.94. The molecule has 14 heavy (non-hydrogen) atoms. The van der Waals surface area contributed by atoms with Crippen LogP contribution < -0.4 is 10.5 Å². The van der Waals surface area contributed by atoms with Gasteiger partial charge in [-0.3, -0.25) is 0 Å². The lowest BCUT2D eigenvalue weighted by Crippen LogP contribution is -2.45. The maximum Gasteiger partial charge on any atom is 0.276 e. The second kappa shape index (κ2) is 4.57. The molecule has 6 heteroatoms. The third kappa shape index (κ3) is 2.91. The summed E-state index contributed by atoms with van der Waals surface area (Å²) in [6, 6.07) is 0.606. The molecule has 0 aromatic rings. The molecule has 0 aromatic heterocycles. The van der Waals surface area contributed by atoms with Gasteiger partial charge >= 0.3 is 0 Å². The van der Waals surface area contributed by atoms with Crippen molar-refractivity contribution in [1.82, 2.24) is 9.62 Å². The van der Waals surface area contributed by atoms with Crippen LogP contribution >= 0.6 is 0 Å². The van der Waals surface area contributed by atoms with Gasteiger partial charge in [-0.15, -0.1) is 0 Å². The average molecular weight is 221 g/mol. The quantitative estimate of drug-likeness (QED) is 0.684. The molecule has 0 atom stereocenters. The number of hydrogen-bond acceptors (Lipinski definition) is 3. The maximum atomic E-state index is 11.1. The Bertz CT molecular complexity index is 270. The first-order valence-corrected chi connectivity index (χ1v) is 6.38. The molecule has 1 saturated carbocycles. The standard InChI is InChI=1S/C8H19N3O2S/c1-10-7-3-5-8(6-4-7)11(2)14(9,12)13/h7-8,10H,3-6H2,1-2H3,(H2,9,12,13). The minimum absolute atomic E-state index is 0.0783. The van der Waals surface area contributed by atoms with Gasteiger partial charge in [0.2, 0.25) is 0 Å². The first-order valence-electron chi connectivity index (χ1n) is 4.88. The monoisotopic (exact) mass is 221 g/mol. The Morgan fingerprint density at radius 2 is 1.79 bits per heavy atom. The molecule has 0 saturated heterocycles. The summed E-state index contributed by atoms with van der Waals surface area (Å²) in [5, 5.41) is 8.26. The lowest BCUT2D eigenvalue weighted by molar-refractivity contribution is 0.255. The zero-order valence-electron chi connectivity index (χ0n) is 8.73. The van der Waals surface area contributed by atoms with E-state index in [1.165, 1.54) is 4.31 Å². The Morgan fingerprint density at radius 3 is 2.14 bits per heavy atom. The summed E-state index contributed by atoms with van der Waals surface area (Å²) in [5.74, 6) is 0. The molecule has 84 valence electrons. The molecule has 1 aliphatic rings. The summed E-state index contributed by atoms with van der Waals surface area (Å²) >= 11 is 0. The van der Waals surface area contributed by atoms with Gasteiger partial charge in [-0.1, -0.05) is 0 Å². The third-order valence-corrected chi connectivity index (χ3v) is 4.12. The highest BCUT2D eigenvalue weighted by molar-refractivity contribution is 7.86. The Morgan fingerprint density at radius 1 is 1.29 bits per heavy atom. The zero-order valence-corrected chi connectivity index (χ0v) is 9.55. The fourth-order valence-corrected chi connectivity index (χ4v) is 2.56. The lowest BCUT2D eigenvalue weighted by Gasteiger charge is -2.32. The predicted molar refractivity (Wildman–Crippen MR) is 56.0 cm³/mol. The van der Waals surface area contributed by atoms with Gasteiger partial charge in [0.1, 0.15) is 0 Å². The van der Waals surface area contributed by atoms with Crippen molar-refractivity contribution in [2.24, 2.45) is 5.14 Å². The molecular weight excluding hydrogens is 202 g/mol. The van der Waals surface area contributed by atoms with Gasteiger partial charge in [-0.2, -0.15) is 12.7 Å². The molecule has 0 radical (unpaired) electrons. The number of hydrogen-bond donors (Lipinski definition) is 2. The van der Waals surface area contributed by atoms with E-state index in [0.717, 1.165) is 25.7 Å². The van der Waals surface area contributed by atoms with Crippen LogP contribution in [0.4, 0.5) is 0 Å². The Hall–Kier alpha value is -0.170. The van der Waals surface area contributed by atoms with Gasteiger partial charge < -0.3 is 5.32 Å². The van der Waals surface area contributed by atoms with E-state index >= 15 is 0 Å². The first-order chi connectivity index (χ1) is 6.45. The number of rotatable bonds is 3. The van der Waals surface area contributed by atoms with E-state index in [4.69, 9.17) is 5.14 Å². The van der Waals surface area contributed by atoms with Gasteiger partial charge in [0.15, 0.2) is 0 Å². The van der Waals surface area contributed by atoms with Gasteiger partial charge in [0.25, 0.3) is 10.2 Å². The largest absolute Gasteiger partial charge is 0.317 e. The SMILES string of the molecule is CNC1CCC(N(C)S(N)(=O)=O)CC1. The fraction of sp³-hybridized carbons (Fsp3) is 1.00. The molecule has 0 amide bonds. The first kappa shape index (κ1) is 11.9. The molecule has 0 unspecified atom stereocenters. The van der Waals surface area contributed by atoms with E-state index in [1.54, 1.807) is 7.05 Å². The molecule has 0 aromatic carbocycles. The van der Waals surface area contributed by atoms with E-state index < -0.39 is 10.2 Å². The zero-order chi connectivity index (χ0) is 10.8. The van der Waals surface area contributed by atoms with Crippen LogP contribution in [0.5, 0.6) is 0 Å². The maximum absolute atomic E-state index is 11.1. The van der Waals surface area contributed by atoms with Crippen LogP contribution in [0.3, 0.4) is 0 Å². The number of nitrogens with two attached hydrogens (primary N) is 1. The summed E-state index contributed by atoms with van der Waals surface area (Å²) in [5.41, 5.74) is 0. The molecule has 1 fully saturated rings. The molecule has 0 heterocycles. The highest BCUT2D eigenvalue weighted by Crippen LogP contribution is 2.22. The smallest absolute Gasteiger partial charge is 0.276 e. The molecule has 3 N–H and O–H groups in total. The molecule has 0 aliphatic heterocycles. The molecule has 5 nitrogen and oxygen atoms in total. The molecular formula is C8H19N3O2S. The van der Waals surface area contributed by atoms with Crippen LogP contribution in [0.25, 0.3) is 0 Å². The van der Waals surface area contributed by atoms with Crippen LogP contribution in [-0.2, 0) is 10.2 Å². The van der Waals surface area contributed by atoms with E-state index in [9.17, 15) is 8.42 Å². The van der Waals surface area contributed by atoms with E-state index in [2.05, 4.69) is 5.32 Å². The van der Waals surface area contributed by atoms with Crippen molar-refractivity contribution in [1.29, 1.82) is 0 Å². The summed E-state index contributed by atoms with van der Waals surface area (Å²) in [4.78, 5) is 0. The Kier molecular flexibility index (Phi) is 3.88. The predicted octanol–water partition coefficient (Wildman–Crippen LogP) is -0.348. The second-order valence-corrected chi connectivity index (χ2v) is 5.46. The normalized spacial score (nSPS) is 29.4. The van der Waals surface area contributed by atoms with Crippen LogP contribution in [0.2, 0.25) is 0 Å². The minimum Gasteiger partial charge on any atom is -0.317 e. The Labute approximate surface area is 85.8 Å². The van der Waals surface area contributed by atoms with Crippen LogP contribution in [-0.4, -0.2) is 38.9 Å². The van der Waals surface area contributed by atoms with Crippen molar-refractivity contribution >= 4 is 10.2 Å². The van der Waals surface area contributed by atoms with Crippen molar-refractivity contribution in [3.63, 3.8) is 0 Å². The average Bonchev–Trinajstić information content (AvgIpc) is 2.15. The molecule has 0 bridgehead atoms. The minimum atomic E-state index is -3.51. The number of nitrogens with one attached hydrogen (secondary N) is 1. The van der Waals surface area contributed by atoms with Crippen LogP contribution in [0.15, 0.2) is 0 Å². The summed E-state index contributed by atoms with van der Waals surface area (Å²) < 4.78 is 23.4. The van der Waals surface area contributed by atoms with Crippen LogP contribution in [0.1, 0.15) is 25.7 Å². The van der Waals surface area contributed by atoms with Gasteiger partial charge in [-0.25, -0.2) is 5.14 Å².